The van der Waals surface area contributed by atoms with E-state index in [1.165, 1.54) is 0 Å². The maximum Gasteiger partial charge on any atom is 0.337 e. The predicted molar refractivity (Wildman–Crippen MR) is 106 cm³/mol. The van der Waals surface area contributed by atoms with Gasteiger partial charge < -0.3 is 20.1 Å². The van der Waals surface area contributed by atoms with Gasteiger partial charge in [0.25, 0.3) is 0 Å². The van der Waals surface area contributed by atoms with Gasteiger partial charge in [-0.1, -0.05) is 18.2 Å². The highest BCUT2D eigenvalue weighted by atomic mass is 16.4. The number of carbonyl (C=O) groups is 2. The summed E-state index contributed by atoms with van der Waals surface area (Å²) in [4.78, 5) is 22.7. The fraction of sp³-hybridized carbons (Fsp3) is 0.182. The number of rotatable bonds is 7. The second kappa shape index (κ2) is 8.10. The van der Waals surface area contributed by atoms with Crippen LogP contribution in [0.25, 0.3) is 5.69 Å². The smallest absolute Gasteiger partial charge is 0.337 e. The molecule has 3 rings (SSSR count). The molecule has 0 saturated carbocycles. The third-order valence-electron chi connectivity index (χ3n) is 4.64. The van der Waals surface area contributed by atoms with Gasteiger partial charge in [0.05, 0.1) is 16.8 Å². The number of carboxylic acid groups (broad SMARTS) is 2. The first-order chi connectivity index (χ1) is 13.4. The van der Waals surface area contributed by atoms with Crippen molar-refractivity contribution in [3.05, 3.63) is 88.2 Å². The van der Waals surface area contributed by atoms with E-state index in [1.54, 1.807) is 30.3 Å². The van der Waals surface area contributed by atoms with Crippen molar-refractivity contribution >= 4 is 11.9 Å². The molecule has 0 aliphatic heterocycles. The van der Waals surface area contributed by atoms with Crippen LogP contribution in [0.15, 0.2) is 54.6 Å². The molecule has 0 fully saturated rings. The number of aromatic nitrogens is 1. The quantitative estimate of drug-likeness (QED) is 0.582. The molecule has 144 valence electrons. The minimum absolute atomic E-state index is 0.250. The molecule has 3 aromatic rings. The molecule has 2 aromatic carbocycles. The summed E-state index contributed by atoms with van der Waals surface area (Å²) in [5, 5.41) is 21.9. The summed E-state index contributed by atoms with van der Waals surface area (Å²) in [5.74, 6) is -1.92. The molecule has 0 amide bonds. The summed E-state index contributed by atoms with van der Waals surface area (Å²) < 4.78 is 1.93. The van der Waals surface area contributed by atoms with Crippen molar-refractivity contribution in [1.29, 1.82) is 0 Å². The normalized spacial score (nSPS) is 10.8. The molecule has 3 N–H and O–H groups in total. The highest BCUT2D eigenvalue weighted by Gasteiger charge is 2.15. The average molecular weight is 378 g/mol. The molecule has 0 unspecified atom stereocenters. The van der Waals surface area contributed by atoms with E-state index in [0.29, 0.717) is 18.8 Å². The number of nitrogens with zero attached hydrogens (tertiary/aromatic N) is 1. The molecule has 1 aromatic heterocycles. The fourth-order valence-corrected chi connectivity index (χ4v) is 3.27. The van der Waals surface area contributed by atoms with Crippen molar-refractivity contribution in [3.63, 3.8) is 0 Å². The lowest BCUT2D eigenvalue weighted by atomic mass is 10.1. The zero-order valence-corrected chi connectivity index (χ0v) is 15.8. The van der Waals surface area contributed by atoms with Gasteiger partial charge in [-0.2, -0.15) is 0 Å². The maximum atomic E-state index is 11.7. The molecular formula is C22H22N2O4. The molecule has 0 spiro atoms. The molecule has 0 aliphatic rings. The molecule has 0 saturated heterocycles. The summed E-state index contributed by atoms with van der Waals surface area (Å²) in [6.07, 6.45) is 0. The number of hydrogen-bond donors (Lipinski definition) is 3. The Morgan fingerprint density at radius 1 is 0.857 bits per heavy atom. The van der Waals surface area contributed by atoms with Crippen LogP contribution in [0.2, 0.25) is 0 Å². The summed E-state index contributed by atoms with van der Waals surface area (Å²) in [5.41, 5.74) is 4.90. The molecule has 0 atom stereocenters. The van der Waals surface area contributed by atoms with E-state index in [1.807, 2.05) is 42.7 Å². The number of benzene rings is 2. The second-order valence-electron chi connectivity index (χ2n) is 6.72. The molecular weight excluding hydrogens is 356 g/mol. The lowest BCUT2D eigenvalue weighted by Gasteiger charge is -2.15. The second-order valence-corrected chi connectivity index (χ2v) is 6.72. The Labute approximate surface area is 163 Å². The zero-order chi connectivity index (χ0) is 20.3. The van der Waals surface area contributed by atoms with Gasteiger partial charge >= 0.3 is 11.9 Å². The fourth-order valence-electron chi connectivity index (χ4n) is 3.27. The average Bonchev–Trinajstić information content (AvgIpc) is 3.00. The van der Waals surface area contributed by atoms with E-state index in [-0.39, 0.29) is 11.1 Å². The van der Waals surface area contributed by atoms with Crippen LogP contribution >= 0.6 is 0 Å². The number of aromatic carboxylic acids is 2. The van der Waals surface area contributed by atoms with Crippen LogP contribution in [-0.2, 0) is 13.1 Å². The monoisotopic (exact) mass is 378 g/mol. The van der Waals surface area contributed by atoms with Gasteiger partial charge in [-0.25, -0.2) is 9.59 Å². The van der Waals surface area contributed by atoms with Gasteiger partial charge in [0, 0.05) is 24.5 Å². The van der Waals surface area contributed by atoms with Gasteiger partial charge in [0.2, 0.25) is 0 Å². The Morgan fingerprint density at radius 2 is 1.50 bits per heavy atom. The molecule has 0 bridgehead atoms. The Morgan fingerprint density at radius 3 is 2.11 bits per heavy atom. The van der Waals surface area contributed by atoms with Crippen molar-refractivity contribution in [2.24, 2.45) is 0 Å². The van der Waals surface area contributed by atoms with E-state index in [0.717, 1.165) is 22.5 Å². The molecule has 6 nitrogen and oxygen atoms in total. The van der Waals surface area contributed by atoms with Gasteiger partial charge in [-0.15, -0.1) is 0 Å². The Hall–Kier alpha value is -3.38. The largest absolute Gasteiger partial charge is 0.478 e. The van der Waals surface area contributed by atoms with Crippen LogP contribution in [0.1, 0.15) is 43.2 Å². The lowest BCUT2D eigenvalue weighted by Crippen LogP contribution is -2.15. The van der Waals surface area contributed by atoms with Crippen molar-refractivity contribution in [2.45, 2.75) is 26.9 Å². The zero-order valence-electron chi connectivity index (χ0n) is 15.8. The van der Waals surface area contributed by atoms with Crippen LogP contribution in [-0.4, -0.2) is 26.7 Å². The van der Waals surface area contributed by atoms with Crippen LogP contribution in [0.4, 0.5) is 0 Å². The van der Waals surface area contributed by atoms with Crippen molar-refractivity contribution in [3.8, 4) is 5.69 Å². The van der Waals surface area contributed by atoms with Crippen LogP contribution in [0.5, 0.6) is 0 Å². The Bertz CT molecular complexity index is 1020. The third kappa shape index (κ3) is 4.13. The highest BCUT2D eigenvalue weighted by Crippen LogP contribution is 2.22. The number of carboxylic acids is 2. The minimum Gasteiger partial charge on any atom is -0.478 e. The van der Waals surface area contributed by atoms with E-state index < -0.39 is 11.9 Å². The number of hydrogen-bond acceptors (Lipinski definition) is 3. The van der Waals surface area contributed by atoms with Gasteiger partial charge in [-0.3, -0.25) is 0 Å². The summed E-state index contributed by atoms with van der Waals surface area (Å²) >= 11 is 0. The maximum absolute atomic E-state index is 11.7. The van der Waals surface area contributed by atoms with E-state index >= 15 is 0 Å². The Kier molecular flexibility index (Phi) is 5.61. The molecule has 6 heteroatoms. The van der Waals surface area contributed by atoms with Crippen molar-refractivity contribution in [1.82, 2.24) is 9.88 Å². The predicted octanol–water partition coefficient (Wildman–Crippen LogP) is 3.78. The van der Waals surface area contributed by atoms with Gasteiger partial charge in [0.15, 0.2) is 0 Å². The molecule has 28 heavy (non-hydrogen) atoms. The van der Waals surface area contributed by atoms with E-state index in [4.69, 9.17) is 5.11 Å². The van der Waals surface area contributed by atoms with Crippen molar-refractivity contribution < 1.29 is 19.8 Å². The van der Waals surface area contributed by atoms with E-state index in [2.05, 4.69) is 5.32 Å². The number of nitrogens with one attached hydrogen (secondary N) is 1. The summed E-state index contributed by atoms with van der Waals surface area (Å²) in [7, 11) is 0. The third-order valence-corrected chi connectivity index (χ3v) is 4.64. The Balaban J connectivity index is 1.80. The summed E-state index contributed by atoms with van der Waals surface area (Å²) in [6, 6.07) is 16.0. The van der Waals surface area contributed by atoms with Gasteiger partial charge in [-0.05, 0) is 61.4 Å². The molecule has 1 heterocycles. The topological polar surface area (TPSA) is 91.6 Å². The van der Waals surface area contributed by atoms with Gasteiger partial charge in [0.1, 0.15) is 0 Å². The SMILES string of the molecule is Cc1ccc(C)n1-c1cc(CNCc2cccc(C(=O)O)c2)ccc1C(=O)O. The minimum atomic E-state index is -0.965. The lowest BCUT2D eigenvalue weighted by molar-refractivity contribution is 0.0686. The standard InChI is InChI=1S/C22H22N2O4/c1-14-6-7-15(2)24(14)20-11-17(8-9-19(20)22(27)28)13-23-12-16-4-3-5-18(10-16)21(25)26/h3-11,23H,12-13H2,1-2H3,(H,25,26)(H,27,28). The first kappa shape index (κ1) is 19.4. The molecule has 0 aliphatic carbocycles. The van der Waals surface area contributed by atoms with E-state index in [9.17, 15) is 14.7 Å². The van der Waals surface area contributed by atoms with Crippen LogP contribution < -0.4 is 5.32 Å². The first-order valence-electron chi connectivity index (χ1n) is 8.91. The van der Waals surface area contributed by atoms with Crippen LogP contribution in [0.3, 0.4) is 0 Å². The first-order valence-corrected chi connectivity index (χ1v) is 8.91. The van der Waals surface area contributed by atoms with Crippen molar-refractivity contribution in [2.75, 3.05) is 0 Å². The summed E-state index contributed by atoms with van der Waals surface area (Å²) in [6.45, 7) is 4.93. The number of aryl methyl sites for hydroxylation is 2. The van der Waals surface area contributed by atoms with Crippen LogP contribution in [0, 0.1) is 13.8 Å². The molecule has 0 radical (unpaired) electrons. The highest BCUT2D eigenvalue weighted by molar-refractivity contribution is 5.92.